The summed E-state index contributed by atoms with van der Waals surface area (Å²) in [6.45, 7) is 0. The molecule has 0 aliphatic rings. The molecule has 4 aromatic carbocycles. The van der Waals surface area contributed by atoms with Gasteiger partial charge in [-0.25, -0.2) is 0 Å². The third-order valence-electron chi connectivity index (χ3n) is 4.71. The van der Waals surface area contributed by atoms with Gasteiger partial charge in [-0.1, -0.05) is 48.0 Å². The molecule has 0 fully saturated rings. The lowest BCUT2D eigenvalue weighted by atomic mass is 10.1. The van der Waals surface area contributed by atoms with Crippen LogP contribution >= 0.6 is 11.6 Å². The van der Waals surface area contributed by atoms with Gasteiger partial charge in [0.15, 0.2) is 0 Å². The molecule has 0 spiro atoms. The van der Waals surface area contributed by atoms with Crippen LogP contribution in [0.1, 0.15) is 11.1 Å². The van der Waals surface area contributed by atoms with Crippen LogP contribution in [0.15, 0.2) is 97.1 Å². The molecule has 30 heavy (non-hydrogen) atoms. The molecule has 0 saturated carbocycles. The highest BCUT2D eigenvalue weighted by Gasteiger charge is 2.12. The predicted molar refractivity (Wildman–Crippen MR) is 125 cm³/mol. The Hall–Kier alpha value is -3.69. The molecule has 0 aliphatic heterocycles. The second kappa shape index (κ2) is 8.76. The molecule has 3 nitrogen and oxygen atoms in total. The molecular weight excluding hydrogens is 394 g/mol. The lowest BCUT2D eigenvalue weighted by Crippen LogP contribution is -2.09. The van der Waals surface area contributed by atoms with Crippen molar-refractivity contribution in [2.75, 3.05) is 4.90 Å². The minimum absolute atomic E-state index is 0.215. The Bertz CT molecular complexity index is 1090. The average molecular weight is 414 g/mol. The van der Waals surface area contributed by atoms with E-state index in [0.717, 1.165) is 33.2 Å². The molecule has 0 unspecified atom stereocenters. The zero-order chi connectivity index (χ0) is 20.9. The van der Waals surface area contributed by atoms with Crippen LogP contribution in [0.5, 0.6) is 11.5 Å². The number of phenolic OH excluding ortho intramolecular Hbond substituents is 2. The third-order valence-corrected chi connectivity index (χ3v) is 4.96. The largest absolute Gasteiger partial charge is 0.508 e. The molecule has 2 N–H and O–H groups in total. The standard InChI is InChI=1S/C26H20ClNO2/c27-21-7-3-19(4-8-21)1-2-20-5-9-22(10-6-20)28(23-11-15-25(29)16-12-23)24-13-17-26(30)18-14-24/h1-18,29-30H. The normalized spacial score (nSPS) is 11.0. The predicted octanol–water partition coefficient (Wildman–Crippen LogP) is 7.39. The summed E-state index contributed by atoms with van der Waals surface area (Å²) in [5, 5.41) is 20.0. The summed E-state index contributed by atoms with van der Waals surface area (Å²) < 4.78 is 0. The Morgan fingerprint density at radius 1 is 0.500 bits per heavy atom. The Morgan fingerprint density at radius 3 is 1.23 bits per heavy atom. The average Bonchev–Trinajstić information content (AvgIpc) is 2.77. The highest BCUT2D eigenvalue weighted by Crippen LogP contribution is 2.36. The first-order valence-electron chi connectivity index (χ1n) is 9.50. The van der Waals surface area contributed by atoms with E-state index in [2.05, 4.69) is 23.1 Å². The van der Waals surface area contributed by atoms with E-state index in [1.54, 1.807) is 24.3 Å². The van der Waals surface area contributed by atoms with Crippen LogP contribution in [0, 0.1) is 0 Å². The van der Waals surface area contributed by atoms with E-state index in [9.17, 15) is 10.2 Å². The van der Waals surface area contributed by atoms with Gasteiger partial charge >= 0.3 is 0 Å². The van der Waals surface area contributed by atoms with Crippen molar-refractivity contribution < 1.29 is 10.2 Å². The van der Waals surface area contributed by atoms with E-state index >= 15 is 0 Å². The highest BCUT2D eigenvalue weighted by molar-refractivity contribution is 6.30. The summed E-state index contributed by atoms with van der Waals surface area (Å²) in [5.41, 5.74) is 4.93. The van der Waals surface area contributed by atoms with Crippen LogP contribution in [0.2, 0.25) is 5.02 Å². The fraction of sp³-hybridized carbons (Fsp3) is 0. The molecular formula is C26H20ClNO2. The van der Waals surface area contributed by atoms with Crippen molar-refractivity contribution in [1.29, 1.82) is 0 Å². The summed E-state index contributed by atoms with van der Waals surface area (Å²) in [7, 11) is 0. The molecule has 4 heteroatoms. The molecule has 0 atom stereocenters. The van der Waals surface area contributed by atoms with Crippen molar-refractivity contribution in [2.24, 2.45) is 0 Å². The van der Waals surface area contributed by atoms with Crippen LogP contribution in [0.25, 0.3) is 12.2 Å². The molecule has 0 amide bonds. The Labute approximate surface area is 180 Å². The quantitative estimate of drug-likeness (QED) is 0.335. The van der Waals surface area contributed by atoms with Gasteiger partial charge in [0.05, 0.1) is 0 Å². The second-order valence-electron chi connectivity index (χ2n) is 6.84. The van der Waals surface area contributed by atoms with Crippen molar-refractivity contribution in [3.8, 4) is 11.5 Å². The first-order valence-corrected chi connectivity index (χ1v) is 9.88. The van der Waals surface area contributed by atoms with Crippen LogP contribution in [-0.2, 0) is 0 Å². The maximum atomic E-state index is 9.65. The molecule has 4 rings (SSSR count). The van der Waals surface area contributed by atoms with Gasteiger partial charge < -0.3 is 15.1 Å². The molecule has 0 aliphatic carbocycles. The summed E-state index contributed by atoms with van der Waals surface area (Å²) in [5.74, 6) is 0.430. The molecule has 0 heterocycles. The van der Waals surface area contributed by atoms with E-state index < -0.39 is 0 Å². The summed E-state index contributed by atoms with van der Waals surface area (Å²) in [6.07, 6.45) is 4.10. The minimum atomic E-state index is 0.215. The Kier molecular flexibility index (Phi) is 5.73. The number of anilines is 3. The monoisotopic (exact) mass is 413 g/mol. The zero-order valence-corrected chi connectivity index (χ0v) is 16.9. The van der Waals surface area contributed by atoms with Crippen LogP contribution in [0.4, 0.5) is 17.1 Å². The number of halogens is 1. The molecule has 4 aromatic rings. The lowest BCUT2D eigenvalue weighted by molar-refractivity contribution is 0.475. The fourth-order valence-electron chi connectivity index (χ4n) is 3.15. The van der Waals surface area contributed by atoms with Crippen LogP contribution in [-0.4, -0.2) is 10.2 Å². The summed E-state index contributed by atoms with van der Waals surface area (Å²) >= 11 is 5.94. The van der Waals surface area contributed by atoms with E-state index in [1.165, 1.54) is 0 Å². The number of nitrogens with zero attached hydrogens (tertiary/aromatic N) is 1. The van der Waals surface area contributed by atoms with Gasteiger partial charge in [0.1, 0.15) is 11.5 Å². The molecule has 0 saturated heterocycles. The number of aromatic hydroxyl groups is 2. The molecule has 0 radical (unpaired) electrons. The first kappa shape index (κ1) is 19.6. The van der Waals surface area contributed by atoms with Gasteiger partial charge in [-0.3, -0.25) is 0 Å². The number of phenols is 2. The van der Waals surface area contributed by atoms with Crippen molar-refractivity contribution in [2.45, 2.75) is 0 Å². The Balaban J connectivity index is 1.64. The lowest BCUT2D eigenvalue weighted by Gasteiger charge is -2.25. The maximum Gasteiger partial charge on any atom is 0.115 e. The zero-order valence-electron chi connectivity index (χ0n) is 16.1. The molecule has 0 bridgehead atoms. The van der Waals surface area contributed by atoms with Crippen LogP contribution in [0.3, 0.4) is 0 Å². The SMILES string of the molecule is Oc1ccc(N(c2ccc(O)cc2)c2ccc(C=Cc3ccc(Cl)cc3)cc2)cc1. The van der Waals surface area contributed by atoms with Crippen LogP contribution < -0.4 is 4.90 Å². The number of rotatable bonds is 5. The minimum Gasteiger partial charge on any atom is -0.508 e. The van der Waals surface area contributed by atoms with E-state index in [0.29, 0.717) is 0 Å². The van der Waals surface area contributed by atoms with E-state index in [-0.39, 0.29) is 11.5 Å². The van der Waals surface area contributed by atoms with Gasteiger partial charge in [-0.15, -0.1) is 0 Å². The van der Waals surface area contributed by atoms with Gasteiger partial charge in [0, 0.05) is 22.1 Å². The number of hydrogen-bond acceptors (Lipinski definition) is 3. The van der Waals surface area contributed by atoms with Gasteiger partial charge in [-0.2, -0.15) is 0 Å². The van der Waals surface area contributed by atoms with Crippen molar-refractivity contribution in [3.05, 3.63) is 113 Å². The van der Waals surface area contributed by atoms with Gasteiger partial charge in [0.25, 0.3) is 0 Å². The second-order valence-corrected chi connectivity index (χ2v) is 7.28. The van der Waals surface area contributed by atoms with Crippen molar-refractivity contribution >= 4 is 40.8 Å². The topological polar surface area (TPSA) is 43.7 Å². The fourth-order valence-corrected chi connectivity index (χ4v) is 3.28. The Morgan fingerprint density at radius 2 is 0.833 bits per heavy atom. The van der Waals surface area contributed by atoms with Crippen molar-refractivity contribution in [3.63, 3.8) is 0 Å². The first-order chi connectivity index (χ1) is 14.6. The highest BCUT2D eigenvalue weighted by atomic mass is 35.5. The van der Waals surface area contributed by atoms with Gasteiger partial charge in [0.2, 0.25) is 0 Å². The number of benzene rings is 4. The maximum absolute atomic E-state index is 9.65. The van der Waals surface area contributed by atoms with Crippen molar-refractivity contribution in [1.82, 2.24) is 0 Å². The third kappa shape index (κ3) is 4.65. The summed E-state index contributed by atoms with van der Waals surface area (Å²) in [4.78, 5) is 2.06. The van der Waals surface area contributed by atoms with E-state index in [4.69, 9.17) is 11.6 Å². The smallest absolute Gasteiger partial charge is 0.115 e. The molecule has 0 aromatic heterocycles. The summed E-state index contributed by atoms with van der Waals surface area (Å²) in [6, 6.07) is 30.0. The number of hydrogen-bond donors (Lipinski definition) is 2. The van der Waals surface area contributed by atoms with Gasteiger partial charge in [-0.05, 0) is 83.9 Å². The molecule has 148 valence electrons. The van der Waals surface area contributed by atoms with E-state index in [1.807, 2.05) is 66.7 Å².